The predicted octanol–water partition coefficient (Wildman–Crippen LogP) is 2.27. The van der Waals surface area contributed by atoms with Crippen molar-refractivity contribution in [2.24, 2.45) is 5.73 Å². The number of halogens is 1. The topological polar surface area (TPSA) is 64.9 Å². The number of aromatic nitrogens is 2. The maximum atomic E-state index is 13.0. The molecule has 0 saturated carbocycles. The highest BCUT2D eigenvalue weighted by Gasteiger charge is 2.07. The quantitative estimate of drug-likeness (QED) is 0.847. The number of thioether (sulfide) groups is 1. The first-order valence-corrected chi connectivity index (χ1v) is 6.08. The van der Waals surface area contributed by atoms with Gasteiger partial charge >= 0.3 is 0 Å². The Morgan fingerprint density at radius 1 is 1.35 bits per heavy atom. The van der Waals surface area contributed by atoms with E-state index in [-0.39, 0.29) is 5.82 Å². The summed E-state index contributed by atoms with van der Waals surface area (Å²) in [6, 6.07) is 4.61. The highest BCUT2D eigenvalue weighted by atomic mass is 32.2. The second-order valence-corrected chi connectivity index (χ2v) is 4.42. The molecule has 2 N–H and O–H groups in total. The van der Waals surface area contributed by atoms with Crippen molar-refractivity contribution in [2.45, 2.75) is 24.4 Å². The van der Waals surface area contributed by atoms with E-state index in [2.05, 4.69) is 10.2 Å². The fraction of sp³-hybridized carbons (Fsp3) is 0.273. The molecule has 2 aromatic rings. The summed E-state index contributed by atoms with van der Waals surface area (Å²) in [5, 5.41) is 8.12. The largest absolute Gasteiger partial charge is 0.416 e. The van der Waals surface area contributed by atoms with Gasteiger partial charge in [0, 0.05) is 19.2 Å². The predicted molar refractivity (Wildman–Crippen MR) is 62.9 cm³/mol. The molecular weight excluding hydrogens is 241 g/mol. The van der Waals surface area contributed by atoms with Gasteiger partial charge in [-0.05, 0) is 23.3 Å². The molecule has 2 rings (SSSR count). The average Bonchev–Trinajstić information content (AvgIpc) is 2.73. The molecule has 0 unspecified atom stereocenters. The maximum absolute atomic E-state index is 13.0. The average molecular weight is 253 g/mol. The number of hydrogen-bond donors (Lipinski definition) is 1. The molecule has 0 spiro atoms. The van der Waals surface area contributed by atoms with Crippen LogP contribution in [0.1, 0.15) is 17.0 Å². The molecule has 0 atom stereocenters. The lowest BCUT2D eigenvalue weighted by molar-refractivity contribution is 0.429. The van der Waals surface area contributed by atoms with Crippen LogP contribution in [-0.4, -0.2) is 10.2 Å². The van der Waals surface area contributed by atoms with Crippen LogP contribution >= 0.6 is 11.8 Å². The highest BCUT2D eigenvalue weighted by Crippen LogP contribution is 2.23. The Labute approximate surface area is 102 Å². The van der Waals surface area contributed by atoms with Crippen molar-refractivity contribution < 1.29 is 8.81 Å². The summed E-state index contributed by atoms with van der Waals surface area (Å²) in [6.45, 7) is 2.05. The molecule has 0 aliphatic heterocycles. The molecule has 0 aliphatic carbocycles. The number of benzene rings is 1. The van der Waals surface area contributed by atoms with Gasteiger partial charge in [0.05, 0.1) is 0 Å². The van der Waals surface area contributed by atoms with Crippen LogP contribution in [0.2, 0.25) is 0 Å². The van der Waals surface area contributed by atoms with E-state index in [1.54, 1.807) is 13.0 Å². The summed E-state index contributed by atoms with van der Waals surface area (Å²) in [5.74, 6) is 0.896. The van der Waals surface area contributed by atoms with Gasteiger partial charge < -0.3 is 10.2 Å². The Morgan fingerprint density at radius 2 is 2.18 bits per heavy atom. The van der Waals surface area contributed by atoms with Crippen molar-refractivity contribution in [1.82, 2.24) is 10.2 Å². The van der Waals surface area contributed by atoms with Crippen LogP contribution in [0, 0.1) is 12.7 Å². The maximum Gasteiger partial charge on any atom is 0.276 e. The van der Waals surface area contributed by atoms with Crippen molar-refractivity contribution in [3.8, 4) is 0 Å². The lowest BCUT2D eigenvalue weighted by Gasteiger charge is -2.05. The van der Waals surface area contributed by atoms with E-state index in [1.165, 1.54) is 23.9 Å². The molecule has 0 fully saturated rings. The summed E-state index contributed by atoms with van der Waals surface area (Å²) in [6.07, 6.45) is 0. The van der Waals surface area contributed by atoms with Crippen LogP contribution in [0.15, 0.2) is 27.8 Å². The summed E-state index contributed by atoms with van der Waals surface area (Å²) < 4.78 is 18.2. The van der Waals surface area contributed by atoms with Crippen LogP contribution < -0.4 is 5.73 Å². The molecule has 1 aromatic heterocycles. The molecule has 0 saturated heterocycles. The van der Waals surface area contributed by atoms with Gasteiger partial charge in [0.25, 0.3) is 5.22 Å². The smallest absolute Gasteiger partial charge is 0.276 e. The van der Waals surface area contributed by atoms with Gasteiger partial charge in [0.1, 0.15) is 5.82 Å². The lowest BCUT2D eigenvalue weighted by Crippen LogP contribution is -2.01. The van der Waals surface area contributed by atoms with E-state index in [1.807, 2.05) is 0 Å². The van der Waals surface area contributed by atoms with E-state index in [4.69, 9.17) is 10.2 Å². The monoisotopic (exact) mass is 253 g/mol. The minimum atomic E-state index is -0.271. The number of hydrogen-bond acceptors (Lipinski definition) is 5. The lowest BCUT2D eigenvalue weighted by atomic mass is 10.1. The molecule has 1 aromatic carbocycles. The minimum Gasteiger partial charge on any atom is -0.416 e. The fourth-order valence-electron chi connectivity index (χ4n) is 1.40. The van der Waals surface area contributed by atoms with Crippen molar-refractivity contribution in [1.29, 1.82) is 0 Å². The summed E-state index contributed by atoms with van der Waals surface area (Å²) >= 11 is 1.41. The minimum absolute atomic E-state index is 0.271. The zero-order valence-corrected chi connectivity index (χ0v) is 10.1. The molecular formula is C11H12FN3OS. The number of nitrogens with two attached hydrogens (primary N) is 1. The number of nitrogens with zero attached hydrogens (tertiary/aromatic N) is 2. The molecule has 4 nitrogen and oxygen atoms in total. The van der Waals surface area contributed by atoms with Gasteiger partial charge in [-0.2, -0.15) is 0 Å². The third kappa shape index (κ3) is 3.04. The summed E-state index contributed by atoms with van der Waals surface area (Å²) in [5.41, 5.74) is 7.35. The standard InChI is InChI=1S/C11H12FN3OS/c1-7-14-15-11(16-7)17-6-8-2-3-10(12)4-9(8)5-13/h2-4H,5-6,13H2,1H3. The van der Waals surface area contributed by atoms with Gasteiger partial charge in [-0.15, -0.1) is 10.2 Å². The van der Waals surface area contributed by atoms with Crippen LogP contribution in [-0.2, 0) is 12.3 Å². The molecule has 0 bridgehead atoms. The van der Waals surface area contributed by atoms with E-state index in [9.17, 15) is 4.39 Å². The van der Waals surface area contributed by atoms with Crippen molar-refractivity contribution in [3.63, 3.8) is 0 Å². The van der Waals surface area contributed by atoms with Gasteiger partial charge in [-0.25, -0.2) is 4.39 Å². The molecule has 0 radical (unpaired) electrons. The van der Waals surface area contributed by atoms with Crippen LogP contribution in [0.25, 0.3) is 0 Å². The number of aryl methyl sites for hydroxylation is 1. The van der Waals surface area contributed by atoms with E-state index >= 15 is 0 Å². The van der Waals surface area contributed by atoms with Gasteiger partial charge in [0.15, 0.2) is 0 Å². The highest BCUT2D eigenvalue weighted by molar-refractivity contribution is 7.98. The van der Waals surface area contributed by atoms with Gasteiger partial charge in [-0.1, -0.05) is 17.8 Å². The second kappa shape index (κ2) is 5.29. The Hall–Kier alpha value is -1.40. The Balaban J connectivity index is 2.08. The first-order valence-electron chi connectivity index (χ1n) is 5.09. The molecule has 0 aliphatic rings. The van der Waals surface area contributed by atoms with Crippen molar-refractivity contribution in [3.05, 3.63) is 41.0 Å². The Morgan fingerprint density at radius 3 is 2.82 bits per heavy atom. The van der Waals surface area contributed by atoms with Crippen LogP contribution in [0.4, 0.5) is 4.39 Å². The molecule has 1 heterocycles. The Kier molecular flexibility index (Phi) is 3.75. The fourth-order valence-corrected chi connectivity index (χ4v) is 2.24. The zero-order valence-electron chi connectivity index (χ0n) is 9.31. The van der Waals surface area contributed by atoms with Crippen LogP contribution in [0.3, 0.4) is 0 Å². The molecule has 0 amide bonds. The first-order chi connectivity index (χ1) is 8.19. The Bertz CT molecular complexity index is 515. The molecule has 17 heavy (non-hydrogen) atoms. The summed E-state index contributed by atoms with van der Waals surface area (Å²) in [7, 11) is 0. The van der Waals surface area contributed by atoms with Crippen LogP contribution in [0.5, 0.6) is 0 Å². The van der Waals surface area contributed by atoms with E-state index in [0.29, 0.717) is 23.4 Å². The SMILES string of the molecule is Cc1nnc(SCc2ccc(F)cc2CN)o1. The van der Waals surface area contributed by atoms with E-state index in [0.717, 1.165) is 11.1 Å². The zero-order chi connectivity index (χ0) is 12.3. The third-order valence-corrected chi connectivity index (χ3v) is 3.11. The van der Waals surface area contributed by atoms with Crippen molar-refractivity contribution in [2.75, 3.05) is 0 Å². The van der Waals surface area contributed by atoms with Gasteiger partial charge in [-0.3, -0.25) is 0 Å². The summed E-state index contributed by atoms with van der Waals surface area (Å²) in [4.78, 5) is 0. The van der Waals surface area contributed by atoms with Crippen molar-refractivity contribution >= 4 is 11.8 Å². The molecule has 90 valence electrons. The normalized spacial score (nSPS) is 10.8. The second-order valence-electron chi connectivity index (χ2n) is 3.49. The van der Waals surface area contributed by atoms with Gasteiger partial charge in [0.2, 0.25) is 5.89 Å². The number of rotatable bonds is 4. The first kappa shape index (κ1) is 12.1. The molecule has 6 heteroatoms. The third-order valence-electron chi connectivity index (χ3n) is 2.25. The van der Waals surface area contributed by atoms with E-state index < -0.39 is 0 Å².